The van der Waals surface area contributed by atoms with Crippen molar-refractivity contribution in [2.24, 2.45) is 0 Å². The van der Waals surface area contributed by atoms with Crippen molar-refractivity contribution in [2.45, 2.75) is 5.88 Å². The van der Waals surface area contributed by atoms with E-state index in [-0.39, 0.29) is 5.88 Å². The van der Waals surface area contributed by atoms with Crippen LogP contribution in [-0.4, -0.2) is 4.98 Å². The first-order valence-corrected chi connectivity index (χ1v) is 5.26. The molecule has 0 amide bonds. The highest BCUT2D eigenvalue weighted by atomic mass is 35.5. The molecular formula is C12H9ClFNO. The fourth-order valence-electron chi connectivity index (χ4n) is 1.26. The number of halogens is 2. The van der Waals surface area contributed by atoms with E-state index in [0.717, 1.165) is 6.20 Å². The zero-order valence-electron chi connectivity index (χ0n) is 8.36. The van der Waals surface area contributed by atoms with Gasteiger partial charge in [0, 0.05) is 5.56 Å². The van der Waals surface area contributed by atoms with Gasteiger partial charge in [-0.15, -0.1) is 11.6 Å². The lowest BCUT2D eigenvalue weighted by atomic mass is 10.3. The molecule has 0 saturated heterocycles. The number of pyridine rings is 1. The van der Waals surface area contributed by atoms with Crippen LogP contribution in [0.1, 0.15) is 5.56 Å². The van der Waals surface area contributed by atoms with Crippen molar-refractivity contribution in [2.75, 3.05) is 0 Å². The number of hydrogen-bond acceptors (Lipinski definition) is 2. The fraction of sp³-hybridized carbons (Fsp3) is 0.0833. The maximum absolute atomic E-state index is 12.9. The minimum absolute atomic E-state index is 0.160. The number of nitrogens with zero attached hydrogens (tertiary/aromatic N) is 1. The first-order chi connectivity index (χ1) is 7.79. The van der Waals surface area contributed by atoms with Gasteiger partial charge in [-0.05, 0) is 18.2 Å². The van der Waals surface area contributed by atoms with E-state index in [1.54, 1.807) is 12.1 Å². The third kappa shape index (κ3) is 2.49. The normalized spacial score (nSPS) is 10.1. The topological polar surface area (TPSA) is 22.1 Å². The molecule has 0 aliphatic rings. The molecule has 82 valence electrons. The highest BCUT2D eigenvalue weighted by Gasteiger charge is 2.07. The molecule has 0 fully saturated rings. The summed E-state index contributed by atoms with van der Waals surface area (Å²) >= 11 is 5.68. The van der Waals surface area contributed by atoms with Crippen LogP contribution in [0.4, 0.5) is 4.39 Å². The lowest BCUT2D eigenvalue weighted by molar-refractivity contribution is 0.454. The second-order valence-corrected chi connectivity index (χ2v) is 3.43. The molecule has 0 unspecified atom stereocenters. The number of benzene rings is 1. The van der Waals surface area contributed by atoms with Crippen LogP contribution in [0.3, 0.4) is 0 Å². The summed E-state index contributed by atoms with van der Waals surface area (Å²) in [5.41, 5.74) is 0.533. The zero-order valence-corrected chi connectivity index (χ0v) is 9.12. The van der Waals surface area contributed by atoms with Gasteiger partial charge >= 0.3 is 0 Å². The first kappa shape index (κ1) is 10.9. The van der Waals surface area contributed by atoms with E-state index in [2.05, 4.69) is 4.98 Å². The Morgan fingerprint density at radius 3 is 2.69 bits per heavy atom. The van der Waals surface area contributed by atoms with Gasteiger partial charge in [0.2, 0.25) is 5.88 Å². The molecule has 2 aromatic rings. The predicted octanol–water partition coefficient (Wildman–Crippen LogP) is 3.75. The molecule has 2 nitrogen and oxygen atoms in total. The van der Waals surface area contributed by atoms with Crippen molar-refractivity contribution in [3.8, 4) is 11.6 Å². The van der Waals surface area contributed by atoms with E-state index in [1.165, 1.54) is 6.07 Å². The maximum atomic E-state index is 12.9. The number of rotatable bonds is 3. The van der Waals surface area contributed by atoms with Gasteiger partial charge < -0.3 is 4.74 Å². The van der Waals surface area contributed by atoms with Crippen LogP contribution >= 0.6 is 11.6 Å². The van der Waals surface area contributed by atoms with Crippen molar-refractivity contribution in [1.29, 1.82) is 0 Å². The molecule has 0 spiro atoms. The standard InChI is InChI=1S/C12H9ClFNO/c13-7-9-6-10(14)8-15-12(9)16-11-4-2-1-3-5-11/h1-6,8H,7H2. The summed E-state index contributed by atoms with van der Waals surface area (Å²) in [6.45, 7) is 0. The summed E-state index contributed by atoms with van der Waals surface area (Å²) in [4.78, 5) is 3.86. The van der Waals surface area contributed by atoms with E-state index < -0.39 is 5.82 Å². The summed E-state index contributed by atoms with van der Waals surface area (Å²) in [6.07, 6.45) is 1.11. The molecule has 0 atom stereocenters. The highest BCUT2D eigenvalue weighted by Crippen LogP contribution is 2.24. The molecule has 16 heavy (non-hydrogen) atoms. The van der Waals surface area contributed by atoms with Gasteiger partial charge in [0.05, 0.1) is 12.1 Å². The monoisotopic (exact) mass is 237 g/mol. The summed E-state index contributed by atoms with van der Waals surface area (Å²) in [7, 11) is 0. The van der Waals surface area contributed by atoms with Crippen LogP contribution in [-0.2, 0) is 5.88 Å². The van der Waals surface area contributed by atoms with E-state index in [9.17, 15) is 4.39 Å². The van der Waals surface area contributed by atoms with Crippen molar-refractivity contribution in [3.63, 3.8) is 0 Å². The molecule has 0 N–H and O–H groups in total. The van der Waals surface area contributed by atoms with Crippen LogP contribution < -0.4 is 4.74 Å². The Hall–Kier alpha value is -1.61. The fourth-order valence-corrected chi connectivity index (χ4v) is 1.45. The van der Waals surface area contributed by atoms with Gasteiger partial charge in [-0.25, -0.2) is 9.37 Å². The van der Waals surface area contributed by atoms with E-state index in [1.807, 2.05) is 18.2 Å². The molecule has 0 bridgehead atoms. The molecule has 1 heterocycles. The molecule has 0 aliphatic heterocycles. The van der Waals surface area contributed by atoms with Crippen molar-refractivity contribution in [3.05, 3.63) is 54.0 Å². The maximum Gasteiger partial charge on any atom is 0.223 e. The Bertz CT molecular complexity index is 476. The zero-order chi connectivity index (χ0) is 11.4. The van der Waals surface area contributed by atoms with Crippen LogP contribution in [0.2, 0.25) is 0 Å². The smallest absolute Gasteiger partial charge is 0.223 e. The number of alkyl halides is 1. The Kier molecular flexibility index (Phi) is 3.37. The predicted molar refractivity (Wildman–Crippen MR) is 60.3 cm³/mol. The minimum atomic E-state index is -0.420. The second-order valence-electron chi connectivity index (χ2n) is 3.17. The van der Waals surface area contributed by atoms with Gasteiger partial charge in [0.25, 0.3) is 0 Å². The third-order valence-electron chi connectivity index (χ3n) is 1.99. The molecule has 1 aromatic heterocycles. The second kappa shape index (κ2) is 4.94. The Labute approximate surface area is 97.7 Å². The Morgan fingerprint density at radius 2 is 2.00 bits per heavy atom. The molecule has 4 heteroatoms. The van der Waals surface area contributed by atoms with E-state index >= 15 is 0 Å². The molecule has 0 saturated carbocycles. The van der Waals surface area contributed by atoms with Crippen molar-refractivity contribution >= 4 is 11.6 Å². The quantitative estimate of drug-likeness (QED) is 0.759. The number of aromatic nitrogens is 1. The summed E-state index contributed by atoms with van der Waals surface area (Å²) < 4.78 is 18.4. The average molecular weight is 238 g/mol. The van der Waals surface area contributed by atoms with Crippen molar-refractivity contribution in [1.82, 2.24) is 4.98 Å². The summed E-state index contributed by atoms with van der Waals surface area (Å²) in [6, 6.07) is 10.5. The SMILES string of the molecule is Fc1cnc(Oc2ccccc2)c(CCl)c1. The van der Waals surface area contributed by atoms with E-state index in [0.29, 0.717) is 17.2 Å². The van der Waals surface area contributed by atoms with Crippen molar-refractivity contribution < 1.29 is 9.13 Å². The lowest BCUT2D eigenvalue weighted by Crippen LogP contribution is -1.94. The molecule has 1 aromatic carbocycles. The van der Waals surface area contributed by atoms with Crippen LogP contribution in [0, 0.1) is 5.82 Å². The van der Waals surface area contributed by atoms with Gasteiger partial charge in [-0.1, -0.05) is 18.2 Å². The van der Waals surface area contributed by atoms with E-state index in [4.69, 9.17) is 16.3 Å². The largest absolute Gasteiger partial charge is 0.439 e. The minimum Gasteiger partial charge on any atom is -0.439 e. The average Bonchev–Trinajstić information content (AvgIpc) is 2.33. The lowest BCUT2D eigenvalue weighted by Gasteiger charge is -2.07. The van der Waals surface area contributed by atoms with Gasteiger partial charge in [0.15, 0.2) is 0 Å². The van der Waals surface area contributed by atoms with Gasteiger partial charge in [0.1, 0.15) is 11.6 Å². The number of hydrogen-bond donors (Lipinski definition) is 0. The third-order valence-corrected chi connectivity index (χ3v) is 2.28. The highest BCUT2D eigenvalue weighted by molar-refractivity contribution is 6.17. The summed E-state index contributed by atoms with van der Waals surface area (Å²) in [5.74, 6) is 0.721. The number of ether oxygens (including phenoxy) is 1. The first-order valence-electron chi connectivity index (χ1n) is 4.73. The van der Waals surface area contributed by atoms with Crippen LogP contribution in [0.15, 0.2) is 42.6 Å². The van der Waals surface area contributed by atoms with Gasteiger partial charge in [-0.3, -0.25) is 0 Å². The Morgan fingerprint density at radius 1 is 1.25 bits per heavy atom. The molecular weight excluding hydrogens is 229 g/mol. The Balaban J connectivity index is 2.28. The molecule has 0 aliphatic carbocycles. The molecule has 2 rings (SSSR count). The number of para-hydroxylation sites is 1. The molecule has 0 radical (unpaired) electrons. The van der Waals surface area contributed by atoms with Crippen LogP contribution in [0.5, 0.6) is 11.6 Å². The summed E-state index contributed by atoms with van der Waals surface area (Å²) in [5, 5.41) is 0. The van der Waals surface area contributed by atoms with Crippen LogP contribution in [0.25, 0.3) is 0 Å². The van der Waals surface area contributed by atoms with Gasteiger partial charge in [-0.2, -0.15) is 0 Å².